The minimum atomic E-state index is -1.32. The van der Waals surface area contributed by atoms with E-state index in [1.807, 2.05) is 11.9 Å². The van der Waals surface area contributed by atoms with Crippen LogP contribution in [0.1, 0.15) is 17.2 Å². The molecular weight excluding hydrogens is 458 g/mol. The van der Waals surface area contributed by atoms with E-state index in [1.54, 1.807) is 18.2 Å². The molecule has 5 rings (SSSR count). The normalized spacial score (nSPS) is 19.0. The first-order chi connectivity index (χ1) is 16.8. The Balaban J connectivity index is 1.73. The molecule has 0 bridgehead atoms. The van der Waals surface area contributed by atoms with Crippen molar-refractivity contribution in [3.8, 4) is 11.5 Å². The van der Waals surface area contributed by atoms with Gasteiger partial charge in [0.15, 0.2) is 0 Å². The maximum absolute atomic E-state index is 14.8. The molecule has 2 heterocycles. The van der Waals surface area contributed by atoms with Gasteiger partial charge in [-0.15, -0.1) is 0 Å². The maximum atomic E-state index is 14.8. The van der Waals surface area contributed by atoms with Crippen LogP contribution in [0.3, 0.4) is 0 Å². The first kappa shape index (κ1) is 22.4. The first-order valence-corrected chi connectivity index (χ1v) is 10.8. The standard InChI is InChI=1S/C26H20F2N2O5/c1-29-9-10-35-21-8-5-15(12-20(21)29)24(32)22-23(14-3-2-4-17(31)11-14)30(26(34)25(22)33)19-13-16(27)6-7-18(19)28/h2-8,11-13,23,31-32H,9-10H2,1H3/b24-22-. The fourth-order valence-corrected chi connectivity index (χ4v) is 4.42. The monoisotopic (exact) mass is 478 g/mol. The van der Waals surface area contributed by atoms with Crippen molar-refractivity contribution in [2.24, 2.45) is 0 Å². The zero-order valence-corrected chi connectivity index (χ0v) is 18.5. The number of aliphatic hydroxyl groups is 1. The van der Waals surface area contributed by atoms with Crippen LogP contribution in [0.5, 0.6) is 11.5 Å². The van der Waals surface area contributed by atoms with Crippen molar-refractivity contribution < 1.29 is 33.3 Å². The summed E-state index contributed by atoms with van der Waals surface area (Å²) in [4.78, 5) is 29.0. The van der Waals surface area contributed by atoms with E-state index < -0.39 is 40.8 Å². The van der Waals surface area contributed by atoms with Gasteiger partial charge in [0, 0.05) is 18.7 Å². The Hall–Kier alpha value is -4.40. The van der Waals surface area contributed by atoms with E-state index >= 15 is 0 Å². The van der Waals surface area contributed by atoms with Crippen molar-refractivity contribution in [3.05, 3.63) is 89.0 Å². The zero-order chi connectivity index (χ0) is 24.9. The van der Waals surface area contributed by atoms with Gasteiger partial charge in [-0.1, -0.05) is 12.1 Å². The molecule has 9 heteroatoms. The number of carbonyl (C=O) groups is 2. The van der Waals surface area contributed by atoms with Crippen molar-refractivity contribution in [1.29, 1.82) is 0 Å². The Labute approximate surface area is 199 Å². The van der Waals surface area contributed by atoms with Crippen LogP contribution >= 0.6 is 0 Å². The molecule has 0 radical (unpaired) electrons. The molecular formula is C26H20F2N2O5. The number of Topliss-reactive ketones (excluding diaryl/α,β-unsaturated/α-hetero) is 1. The molecule has 3 aromatic rings. The lowest BCUT2D eigenvalue weighted by molar-refractivity contribution is -0.132. The van der Waals surface area contributed by atoms with Crippen LogP contribution in [0, 0.1) is 11.6 Å². The molecule has 1 amide bonds. The molecule has 1 fully saturated rings. The summed E-state index contributed by atoms with van der Waals surface area (Å²) < 4.78 is 34.4. The van der Waals surface area contributed by atoms with Gasteiger partial charge in [0.2, 0.25) is 0 Å². The van der Waals surface area contributed by atoms with Gasteiger partial charge in [0.05, 0.1) is 29.5 Å². The number of hydrogen-bond acceptors (Lipinski definition) is 6. The number of rotatable bonds is 3. The number of amides is 1. The Kier molecular flexibility index (Phi) is 5.39. The largest absolute Gasteiger partial charge is 0.508 e. The van der Waals surface area contributed by atoms with E-state index in [-0.39, 0.29) is 22.4 Å². The third kappa shape index (κ3) is 3.74. The molecule has 0 aliphatic carbocycles. The van der Waals surface area contributed by atoms with Gasteiger partial charge < -0.3 is 19.8 Å². The second-order valence-electron chi connectivity index (χ2n) is 8.31. The predicted molar refractivity (Wildman–Crippen MR) is 124 cm³/mol. The lowest BCUT2D eigenvalue weighted by Gasteiger charge is -2.28. The predicted octanol–water partition coefficient (Wildman–Crippen LogP) is 4.13. The van der Waals surface area contributed by atoms with E-state index in [2.05, 4.69) is 0 Å². The molecule has 3 aromatic carbocycles. The summed E-state index contributed by atoms with van der Waals surface area (Å²) in [6, 6.07) is 11.7. The number of aromatic hydroxyl groups is 1. The minimum absolute atomic E-state index is 0.166. The molecule has 2 aliphatic heterocycles. The number of aliphatic hydroxyl groups excluding tert-OH is 1. The highest BCUT2D eigenvalue weighted by Crippen LogP contribution is 2.44. The van der Waals surface area contributed by atoms with Gasteiger partial charge in [0.25, 0.3) is 11.7 Å². The maximum Gasteiger partial charge on any atom is 0.300 e. The molecule has 35 heavy (non-hydrogen) atoms. The molecule has 0 saturated carbocycles. The third-order valence-electron chi connectivity index (χ3n) is 6.13. The minimum Gasteiger partial charge on any atom is -0.508 e. The third-order valence-corrected chi connectivity index (χ3v) is 6.13. The lowest BCUT2D eigenvalue weighted by Crippen LogP contribution is -2.30. The second-order valence-corrected chi connectivity index (χ2v) is 8.31. The van der Waals surface area contributed by atoms with Crippen LogP contribution in [0.25, 0.3) is 5.76 Å². The van der Waals surface area contributed by atoms with E-state index in [1.165, 1.54) is 24.3 Å². The lowest BCUT2D eigenvalue weighted by atomic mass is 9.94. The summed E-state index contributed by atoms with van der Waals surface area (Å²) in [6.45, 7) is 1.11. The summed E-state index contributed by atoms with van der Waals surface area (Å²) in [5.74, 6) is -3.99. The number of nitrogens with zero attached hydrogens (tertiary/aromatic N) is 2. The molecule has 1 unspecified atom stereocenters. The van der Waals surface area contributed by atoms with E-state index in [0.717, 1.165) is 23.1 Å². The van der Waals surface area contributed by atoms with Crippen molar-refractivity contribution in [2.75, 3.05) is 30.0 Å². The fraction of sp³-hybridized carbons (Fsp3) is 0.154. The molecule has 2 aliphatic rings. The second kappa shape index (κ2) is 8.43. The highest BCUT2D eigenvalue weighted by Gasteiger charge is 2.48. The summed E-state index contributed by atoms with van der Waals surface area (Å²) in [5.41, 5.74) is 0.373. The smallest absolute Gasteiger partial charge is 0.300 e. The Morgan fingerprint density at radius 1 is 1.03 bits per heavy atom. The average Bonchev–Trinajstić information content (AvgIpc) is 3.10. The molecule has 0 aromatic heterocycles. The van der Waals surface area contributed by atoms with Crippen LogP contribution in [-0.2, 0) is 9.59 Å². The van der Waals surface area contributed by atoms with Crippen molar-refractivity contribution in [1.82, 2.24) is 0 Å². The van der Waals surface area contributed by atoms with Crippen molar-refractivity contribution in [2.45, 2.75) is 6.04 Å². The number of benzene rings is 3. The zero-order valence-electron chi connectivity index (χ0n) is 18.5. The van der Waals surface area contributed by atoms with E-state index in [4.69, 9.17) is 4.74 Å². The number of phenols is 1. The quantitative estimate of drug-likeness (QED) is 0.334. The molecule has 7 nitrogen and oxygen atoms in total. The number of likely N-dealkylation sites (N-methyl/N-ethyl adjacent to an activating group) is 1. The Morgan fingerprint density at radius 2 is 1.83 bits per heavy atom. The van der Waals surface area contributed by atoms with Gasteiger partial charge in [-0.05, 0) is 48.0 Å². The SMILES string of the molecule is CN1CCOc2ccc(/C(O)=C3/C(=O)C(=O)N(c4cc(F)ccc4F)C3c3cccc(O)c3)cc21. The highest BCUT2D eigenvalue weighted by molar-refractivity contribution is 6.51. The number of halogens is 2. The van der Waals surface area contributed by atoms with Crippen LogP contribution < -0.4 is 14.5 Å². The van der Waals surface area contributed by atoms with E-state index in [9.17, 15) is 28.6 Å². The molecule has 2 N–H and O–H groups in total. The molecule has 1 saturated heterocycles. The summed E-state index contributed by atoms with van der Waals surface area (Å²) in [5, 5.41) is 21.3. The van der Waals surface area contributed by atoms with Gasteiger partial charge in [-0.2, -0.15) is 0 Å². The molecule has 0 spiro atoms. The summed E-state index contributed by atoms with van der Waals surface area (Å²) >= 11 is 0. The van der Waals surface area contributed by atoms with Gasteiger partial charge >= 0.3 is 0 Å². The van der Waals surface area contributed by atoms with E-state index in [0.29, 0.717) is 24.6 Å². The number of ether oxygens (including phenoxy) is 1. The number of carbonyl (C=O) groups excluding carboxylic acids is 2. The highest BCUT2D eigenvalue weighted by atomic mass is 19.1. The number of phenolic OH excluding ortho intramolecular Hbond substituents is 1. The van der Waals surface area contributed by atoms with Crippen LogP contribution in [-0.4, -0.2) is 42.1 Å². The number of ketones is 1. The summed E-state index contributed by atoms with van der Waals surface area (Å²) in [7, 11) is 1.85. The van der Waals surface area contributed by atoms with Crippen molar-refractivity contribution >= 4 is 28.8 Å². The van der Waals surface area contributed by atoms with Crippen LogP contribution in [0.15, 0.2) is 66.2 Å². The molecule has 1 atom stereocenters. The Bertz CT molecular complexity index is 1400. The van der Waals surface area contributed by atoms with Crippen LogP contribution in [0.4, 0.5) is 20.2 Å². The first-order valence-electron chi connectivity index (χ1n) is 10.8. The van der Waals surface area contributed by atoms with Gasteiger partial charge in [-0.3, -0.25) is 14.5 Å². The number of anilines is 2. The van der Waals surface area contributed by atoms with Gasteiger partial charge in [0.1, 0.15) is 35.5 Å². The summed E-state index contributed by atoms with van der Waals surface area (Å²) in [6.07, 6.45) is 0. The van der Waals surface area contributed by atoms with Gasteiger partial charge in [-0.25, -0.2) is 8.78 Å². The number of fused-ring (bicyclic) bond motifs is 1. The fourth-order valence-electron chi connectivity index (χ4n) is 4.42. The number of hydrogen-bond donors (Lipinski definition) is 2. The van der Waals surface area contributed by atoms with Crippen LogP contribution in [0.2, 0.25) is 0 Å². The Morgan fingerprint density at radius 3 is 2.60 bits per heavy atom. The topological polar surface area (TPSA) is 90.3 Å². The molecule has 178 valence electrons. The average molecular weight is 478 g/mol. The van der Waals surface area contributed by atoms with Crippen molar-refractivity contribution in [3.63, 3.8) is 0 Å².